The number of carbonyl (C=O) groups excluding carboxylic acids is 1. The average molecular weight is 332 g/mol. The Morgan fingerprint density at radius 2 is 1.88 bits per heavy atom. The summed E-state index contributed by atoms with van der Waals surface area (Å²) in [4.78, 5) is 14.3. The lowest BCUT2D eigenvalue weighted by Gasteiger charge is -2.17. The molecule has 1 fully saturated rings. The number of ether oxygens (including phenoxy) is 1. The topological polar surface area (TPSA) is 55.6 Å². The number of hydrogen-bond donors (Lipinski definition) is 1. The van der Waals surface area contributed by atoms with Crippen molar-refractivity contribution in [1.29, 1.82) is 0 Å². The summed E-state index contributed by atoms with van der Waals surface area (Å²) < 4.78 is 29.0. The summed E-state index contributed by atoms with van der Waals surface area (Å²) in [5, 5.41) is 0. The smallest absolute Gasteiger partial charge is 0.387 e. The van der Waals surface area contributed by atoms with E-state index in [1.54, 1.807) is 11.0 Å². The van der Waals surface area contributed by atoms with E-state index in [1.165, 1.54) is 18.2 Å². The molecule has 2 N–H and O–H groups in total. The molecule has 1 heterocycles. The fraction of sp³-hybridized carbons (Fsp3) is 0.278. The Hall–Kier alpha value is -2.47. The van der Waals surface area contributed by atoms with E-state index in [0.29, 0.717) is 18.7 Å². The highest BCUT2D eigenvalue weighted by Gasteiger charge is 2.34. The van der Waals surface area contributed by atoms with Crippen LogP contribution >= 0.6 is 0 Å². The van der Waals surface area contributed by atoms with E-state index in [4.69, 9.17) is 5.73 Å². The molecule has 0 radical (unpaired) electrons. The lowest BCUT2D eigenvalue weighted by molar-refractivity contribution is -0.0499. The lowest BCUT2D eigenvalue weighted by Crippen LogP contribution is -2.32. The first-order valence-electron chi connectivity index (χ1n) is 7.69. The van der Waals surface area contributed by atoms with Crippen molar-refractivity contribution in [2.24, 2.45) is 5.73 Å². The number of amides is 1. The van der Waals surface area contributed by atoms with Crippen LogP contribution < -0.4 is 10.5 Å². The zero-order chi connectivity index (χ0) is 17.1. The number of hydrogen-bond acceptors (Lipinski definition) is 3. The van der Waals surface area contributed by atoms with Gasteiger partial charge >= 0.3 is 6.61 Å². The van der Waals surface area contributed by atoms with E-state index in [1.807, 2.05) is 30.3 Å². The number of nitrogens with zero attached hydrogens (tertiary/aromatic N) is 1. The predicted molar refractivity (Wildman–Crippen MR) is 86.1 cm³/mol. The third kappa shape index (κ3) is 3.54. The van der Waals surface area contributed by atoms with Crippen molar-refractivity contribution < 1.29 is 18.3 Å². The molecule has 1 amide bonds. The zero-order valence-electron chi connectivity index (χ0n) is 12.9. The molecule has 0 spiro atoms. The van der Waals surface area contributed by atoms with E-state index in [2.05, 4.69) is 4.74 Å². The van der Waals surface area contributed by atoms with Crippen molar-refractivity contribution in [2.75, 3.05) is 13.1 Å². The first kappa shape index (κ1) is 16.4. The van der Waals surface area contributed by atoms with Gasteiger partial charge in [-0.05, 0) is 23.8 Å². The zero-order valence-corrected chi connectivity index (χ0v) is 12.9. The van der Waals surface area contributed by atoms with Crippen LogP contribution in [0.5, 0.6) is 5.75 Å². The molecule has 2 aromatic carbocycles. The van der Waals surface area contributed by atoms with Crippen LogP contribution in [0.2, 0.25) is 0 Å². The molecule has 2 atom stereocenters. The van der Waals surface area contributed by atoms with Gasteiger partial charge in [-0.1, -0.05) is 36.4 Å². The van der Waals surface area contributed by atoms with Crippen molar-refractivity contribution in [3.8, 4) is 5.75 Å². The number of rotatable bonds is 4. The fourth-order valence-electron chi connectivity index (χ4n) is 3.04. The molecule has 0 aromatic heterocycles. The fourth-order valence-corrected chi connectivity index (χ4v) is 3.04. The van der Waals surface area contributed by atoms with E-state index in [0.717, 1.165) is 5.56 Å². The third-order valence-corrected chi connectivity index (χ3v) is 4.19. The van der Waals surface area contributed by atoms with Gasteiger partial charge in [0, 0.05) is 30.6 Å². The summed E-state index contributed by atoms with van der Waals surface area (Å²) in [6, 6.07) is 15.5. The summed E-state index contributed by atoms with van der Waals surface area (Å²) in [6.45, 7) is -1.99. The molecule has 0 unspecified atom stereocenters. The van der Waals surface area contributed by atoms with Crippen LogP contribution in [-0.2, 0) is 0 Å². The maximum Gasteiger partial charge on any atom is 0.387 e. The van der Waals surface area contributed by atoms with Gasteiger partial charge in [-0.15, -0.1) is 0 Å². The normalized spacial score (nSPS) is 20.4. The summed E-state index contributed by atoms with van der Waals surface area (Å²) in [5.74, 6) is -0.196. The Morgan fingerprint density at radius 3 is 2.58 bits per heavy atom. The lowest BCUT2D eigenvalue weighted by atomic mass is 9.95. The Labute approximate surface area is 138 Å². The minimum atomic E-state index is -2.92. The quantitative estimate of drug-likeness (QED) is 0.937. The second-order valence-corrected chi connectivity index (χ2v) is 5.80. The standard InChI is InChI=1S/C18H18F2N2O2/c19-18(20)24-14-8-4-7-13(9-14)17(23)22-10-15(16(21)11-22)12-5-2-1-3-6-12/h1-9,15-16,18H,10-11,21H2/t15-,16+/m0/s1. The number of benzene rings is 2. The Kier molecular flexibility index (Phi) is 4.76. The molecule has 4 nitrogen and oxygen atoms in total. The van der Waals surface area contributed by atoms with Crippen LogP contribution in [0.4, 0.5) is 8.78 Å². The molecule has 6 heteroatoms. The van der Waals surface area contributed by atoms with Crippen molar-refractivity contribution in [3.05, 3.63) is 65.7 Å². The van der Waals surface area contributed by atoms with Gasteiger partial charge in [0.25, 0.3) is 5.91 Å². The van der Waals surface area contributed by atoms with Crippen molar-refractivity contribution in [1.82, 2.24) is 4.90 Å². The molecule has 0 aliphatic carbocycles. The third-order valence-electron chi connectivity index (χ3n) is 4.19. The van der Waals surface area contributed by atoms with E-state index >= 15 is 0 Å². The molecule has 1 saturated heterocycles. The van der Waals surface area contributed by atoms with Gasteiger partial charge in [-0.2, -0.15) is 8.78 Å². The van der Waals surface area contributed by atoms with Gasteiger partial charge in [0.2, 0.25) is 0 Å². The van der Waals surface area contributed by atoms with Crippen molar-refractivity contribution in [2.45, 2.75) is 18.6 Å². The molecular weight excluding hydrogens is 314 g/mol. The highest BCUT2D eigenvalue weighted by Crippen LogP contribution is 2.28. The Bertz CT molecular complexity index is 709. The largest absolute Gasteiger partial charge is 0.435 e. The molecule has 2 aromatic rings. The highest BCUT2D eigenvalue weighted by molar-refractivity contribution is 5.95. The molecule has 3 rings (SSSR count). The Balaban J connectivity index is 1.74. The van der Waals surface area contributed by atoms with Gasteiger partial charge in [0.15, 0.2) is 0 Å². The summed E-state index contributed by atoms with van der Waals surface area (Å²) in [6.07, 6.45) is 0. The second kappa shape index (κ2) is 6.97. The van der Waals surface area contributed by atoms with Gasteiger partial charge in [-0.25, -0.2) is 0 Å². The van der Waals surface area contributed by atoms with Crippen LogP contribution in [-0.4, -0.2) is 36.5 Å². The van der Waals surface area contributed by atoms with Gasteiger partial charge in [0.05, 0.1) is 0 Å². The first-order valence-corrected chi connectivity index (χ1v) is 7.69. The average Bonchev–Trinajstić information content (AvgIpc) is 2.96. The molecule has 1 aliphatic heterocycles. The number of alkyl halides is 2. The van der Waals surface area contributed by atoms with E-state index < -0.39 is 6.61 Å². The van der Waals surface area contributed by atoms with Crippen molar-refractivity contribution >= 4 is 5.91 Å². The van der Waals surface area contributed by atoms with Crippen LogP contribution in [0.3, 0.4) is 0 Å². The molecule has 24 heavy (non-hydrogen) atoms. The Morgan fingerprint density at radius 1 is 1.12 bits per heavy atom. The highest BCUT2D eigenvalue weighted by atomic mass is 19.3. The minimum Gasteiger partial charge on any atom is -0.435 e. The summed E-state index contributed by atoms with van der Waals surface area (Å²) >= 11 is 0. The summed E-state index contributed by atoms with van der Waals surface area (Å²) in [7, 11) is 0. The van der Waals surface area contributed by atoms with Crippen LogP contribution in [0.25, 0.3) is 0 Å². The molecule has 1 aliphatic rings. The van der Waals surface area contributed by atoms with Gasteiger partial charge in [0.1, 0.15) is 5.75 Å². The molecule has 126 valence electrons. The second-order valence-electron chi connectivity index (χ2n) is 5.80. The van der Waals surface area contributed by atoms with E-state index in [-0.39, 0.29) is 23.6 Å². The van der Waals surface area contributed by atoms with Gasteiger partial charge in [-0.3, -0.25) is 4.79 Å². The number of halogens is 2. The monoisotopic (exact) mass is 332 g/mol. The number of likely N-dealkylation sites (tertiary alicyclic amines) is 1. The molecule has 0 saturated carbocycles. The van der Waals surface area contributed by atoms with Crippen LogP contribution in [0.15, 0.2) is 54.6 Å². The first-order chi connectivity index (χ1) is 11.5. The maximum absolute atomic E-state index is 12.6. The van der Waals surface area contributed by atoms with Crippen LogP contribution in [0.1, 0.15) is 21.8 Å². The number of nitrogens with two attached hydrogens (primary N) is 1. The number of carbonyl (C=O) groups is 1. The van der Waals surface area contributed by atoms with Crippen molar-refractivity contribution in [3.63, 3.8) is 0 Å². The predicted octanol–water partition coefficient (Wildman–Crippen LogP) is 2.85. The van der Waals surface area contributed by atoms with Crippen LogP contribution in [0, 0.1) is 0 Å². The van der Waals surface area contributed by atoms with Gasteiger partial charge < -0.3 is 15.4 Å². The molecular formula is C18H18F2N2O2. The SMILES string of the molecule is N[C@@H]1CN(C(=O)c2cccc(OC(F)F)c2)C[C@H]1c1ccccc1. The van der Waals surface area contributed by atoms with E-state index in [9.17, 15) is 13.6 Å². The summed E-state index contributed by atoms with van der Waals surface area (Å²) in [5.41, 5.74) is 7.60. The molecule has 0 bridgehead atoms. The maximum atomic E-state index is 12.6. The minimum absolute atomic E-state index is 0.0287.